The van der Waals surface area contributed by atoms with Crippen LogP contribution in [0.3, 0.4) is 0 Å². The first-order chi connectivity index (χ1) is 32.5. The van der Waals surface area contributed by atoms with Gasteiger partial charge in [0, 0.05) is 6.42 Å². The van der Waals surface area contributed by atoms with Gasteiger partial charge in [-0.15, -0.1) is 0 Å². The third-order valence-electron chi connectivity index (χ3n) is 12.2. The van der Waals surface area contributed by atoms with Crippen molar-refractivity contribution in [3.63, 3.8) is 0 Å². The highest BCUT2D eigenvalue weighted by Gasteiger charge is 2.27. The maximum atomic E-state index is 13.0. The molecule has 0 fully saturated rings. The third kappa shape index (κ3) is 51.6. The van der Waals surface area contributed by atoms with E-state index < -0.39 is 20.0 Å². The zero-order valence-electron chi connectivity index (χ0n) is 44.4. The lowest BCUT2D eigenvalue weighted by molar-refractivity contribution is -0.870. The van der Waals surface area contributed by atoms with Crippen molar-refractivity contribution in [3.05, 3.63) is 72.9 Å². The Bertz CT molecular complexity index is 1320. The van der Waals surface area contributed by atoms with Crippen LogP contribution in [0.4, 0.5) is 0 Å². The summed E-state index contributed by atoms with van der Waals surface area (Å²) >= 11 is 0. The van der Waals surface area contributed by atoms with E-state index in [-0.39, 0.29) is 19.1 Å². The molecule has 3 unspecified atom stereocenters. The molecular formula is C58H108N2O6P+. The Kier molecular flexibility index (Phi) is 47.4. The second-order valence-corrected chi connectivity index (χ2v) is 21.4. The molecule has 8 nitrogen and oxygen atoms in total. The summed E-state index contributed by atoms with van der Waals surface area (Å²) in [5.41, 5.74) is 0. The van der Waals surface area contributed by atoms with Gasteiger partial charge in [0.15, 0.2) is 0 Å². The summed E-state index contributed by atoms with van der Waals surface area (Å²) in [6.45, 7) is 4.71. The smallest absolute Gasteiger partial charge is 0.387 e. The number of allylic oxidation sites excluding steroid dienone is 11. The van der Waals surface area contributed by atoms with Crippen LogP contribution in [0.1, 0.15) is 239 Å². The van der Waals surface area contributed by atoms with Gasteiger partial charge in [0.2, 0.25) is 5.91 Å². The number of quaternary nitrogens is 1. The fraction of sp³-hybridized carbons (Fsp3) is 0.776. The Hall–Kier alpha value is -2.06. The van der Waals surface area contributed by atoms with Gasteiger partial charge in [-0.05, 0) is 64.2 Å². The highest BCUT2D eigenvalue weighted by Crippen LogP contribution is 2.43. The molecule has 0 spiro atoms. The van der Waals surface area contributed by atoms with Gasteiger partial charge >= 0.3 is 7.82 Å². The molecule has 3 atom stereocenters. The zero-order valence-corrected chi connectivity index (χ0v) is 45.3. The van der Waals surface area contributed by atoms with Crippen molar-refractivity contribution in [1.29, 1.82) is 0 Å². The minimum absolute atomic E-state index is 0.0575. The van der Waals surface area contributed by atoms with Gasteiger partial charge in [0.05, 0.1) is 39.9 Å². The Morgan fingerprint density at radius 3 is 1.31 bits per heavy atom. The topological polar surface area (TPSA) is 105 Å². The van der Waals surface area contributed by atoms with Gasteiger partial charge in [-0.1, -0.05) is 241 Å². The van der Waals surface area contributed by atoms with Gasteiger partial charge in [-0.25, -0.2) is 4.57 Å². The Morgan fingerprint density at radius 2 is 0.896 bits per heavy atom. The number of phosphoric ester groups is 1. The molecule has 0 saturated carbocycles. The predicted molar refractivity (Wildman–Crippen MR) is 290 cm³/mol. The molecule has 390 valence electrons. The number of hydrogen-bond donors (Lipinski definition) is 3. The summed E-state index contributed by atoms with van der Waals surface area (Å²) < 4.78 is 23.7. The molecule has 0 aromatic rings. The van der Waals surface area contributed by atoms with Crippen molar-refractivity contribution >= 4 is 13.7 Å². The summed E-state index contributed by atoms with van der Waals surface area (Å²) in [5.74, 6) is -0.184. The number of carbonyl (C=O) groups is 1. The van der Waals surface area contributed by atoms with Gasteiger partial charge in [0.25, 0.3) is 0 Å². The molecule has 0 bridgehead atoms. The number of unbranched alkanes of at least 4 members (excludes halogenated alkanes) is 27. The maximum absolute atomic E-state index is 13.0. The van der Waals surface area contributed by atoms with Gasteiger partial charge < -0.3 is 19.8 Å². The molecule has 0 radical (unpaired) electrons. The van der Waals surface area contributed by atoms with E-state index in [1.807, 2.05) is 27.2 Å². The van der Waals surface area contributed by atoms with Crippen LogP contribution in [0, 0.1) is 0 Å². The second kappa shape index (κ2) is 48.9. The summed E-state index contributed by atoms with van der Waals surface area (Å²) in [4.78, 5) is 23.3. The number of rotatable bonds is 50. The number of nitrogens with one attached hydrogen (secondary N) is 1. The highest BCUT2D eigenvalue weighted by atomic mass is 31.2. The minimum atomic E-state index is -4.35. The number of nitrogens with zero attached hydrogens (tertiary/aromatic N) is 1. The van der Waals surface area contributed by atoms with E-state index in [4.69, 9.17) is 9.05 Å². The van der Waals surface area contributed by atoms with Crippen LogP contribution < -0.4 is 5.32 Å². The molecule has 3 N–H and O–H groups in total. The fourth-order valence-electron chi connectivity index (χ4n) is 7.83. The maximum Gasteiger partial charge on any atom is 0.472 e. The number of likely N-dealkylation sites (N-methyl/N-ethyl adjacent to an activating group) is 1. The van der Waals surface area contributed by atoms with Crippen LogP contribution in [0.25, 0.3) is 0 Å². The average Bonchev–Trinajstić information content (AvgIpc) is 3.29. The Balaban J connectivity index is 4.27. The monoisotopic (exact) mass is 960 g/mol. The van der Waals surface area contributed by atoms with Crippen LogP contribution in [0.2, 0.25) is 0 Å². The summed E-state index contributed by atoms with van der Waals surface area (Å²) in [7, 11) is 1.56. The molecule has 0 aromatic carbocycles. The largest absolute Gasteiger partial charge is 0.472 e. The van der Waals surface area contributed by atoms with E-state index in [0.717, 1.165) is 77.0 Å². The quantitative estimate of drug-likeness (QED) is 0.0243. The number of hydrogen-bond acceptors (Lipinski definition) is 5. The summed E-state index contributed by atoms with van der Waals surface area (Å²) in [6.07, 6.45) is 67.0. The first-order valence-electron chi connectivity index (χ1n) is 27.8. The highest BCUT2D eigenvalue weighted by molar-refractivity contribution is 7.47. The van der Waals surface area contributed by atoms with Crippen molar-refractivity contribution in [3.8, 4) is 0 Å². The van der Waals surface area contributed by atoms with Crippen LogP contribution in [0.15, 0.2) is 72.9 Å². The summed E-state index contributed by atoms with van der Waals surface area (Å²) in [5, 5.41) is 13.9. The van der Waals surface area contributed by atoms with E-state index in [1.165, 1.54) is 141 Å². The molecule has 0 aliphatic carbocycles. The molecule has 0 aromatic heterocycles. The van der Waals surface area contributed by atoms with Crippen molar-refractivity contribution in [1.82, 2.24) is 5.32 Å². The van der Waals surface area contributed by atoms with Crippen LogP contribution in [-0.4, -0.2) is 73.4 Å². The Morgan fingerprint density at radius 1 is 0.522 bits per heavy atom. The van der Waals surface area contributed by atoms with Crippen molar-refractivity contribution < 1.29 is 32.9 Å². The van der Waals surface area contributed by atoms with Crippen LogP contribution in [-0.2, 0) is 18.4 Å². The molecule has 0 rings (SSSR count). The first kappa shape index (κ1) is 64.9. The van der Waals surface area contributed by atoms with Gasteiger partial charge in [-0.3, -0.25) is 13.8 Å². The number of aliphatic hydroxyl groups is 1. The zero-order chi connectivity index (χ0) is 49.2. The lowest BCUT2D eigenvalue weighted by Gasteiger charge is -2.25. The van der Waals surface area contributed by atoms with E-state index in [9.17, 15) is 19.4 Å². The molecular weight excluding hydrogens is 852 g/mol. The average molecular weight is 960 g/mol. The molecule has 0 saturated heterocycles. The molecule has 1 amide bonds. The number of carbonyl (C=O) groups excluding carboxylic acids is 1. The number of amides is 1. The van der Waals surface area contributed by atoms with E-state index in [2.05, 4.69) is 79.9 Å². The lowest BCUT2D eigenvalue weighted by atomic mass is 10.0. The normalized spacial score (nSPS) is 14.6. The van der Waals surface area contributed by atoms with Crippen molar-refractivity contribution in [2.45, 2.75) is 251 Å². The summed E-state index contributed by atoms with van der Waals surface area (Å²) in [6, 6.07) is -0.854. The van der Waals surface area contributed by atoms with Gasteiger partial charge in [-0.2, -0.15) is 0 Å². The first-order valence-corrected chi connectivity index (χ1v) is 29.3. The van der Waals surface area contributed by atoms with Crippen molar-refractivity contribution in [2.24, 2.45) is 0 Å². The van der Waals surface area contributed by atoms with Crippen LogP contribution >= 0.6 is 7.82 Å². The SMILES string of the molecule is CC/C=C\C/C=C\C/C=C\C/C=C\C/C=C\CCCCCCCCCCCC(=O)NC(COP(=O)(O)OCC[N+](C)(C)C)C(O)/C=C/CCCCCCCCCCCCCCCCCCCC. The van der Waals surface area contributed by atoms with E-state index in [1.54, 1.807) is 6.08 Å². The van der Waals surface area contributed by atoms with E-state index >= 15 is 0 Å². The molecule has 67 heavy (non-hydrogen) atoms. The molecule has 0 heterocycles. The Labute approximate surface area is 414 Å². The van der Waals surface area contributed by atoms with Crippen LogP contribution in [0.5, 0.6) is 0 Å². The third-order valence-corrected chi connectivity index (χ3v) is 13.2. The number of aliphatic hydroxyl groups excluding tert-OH is 1. The molecule has 0 aliphatic heterocycles. The van der Waals surface area contributed by atoms with E-state index in [0.29, 0.717) is 17.4 Å². The van der Waals surface area contributed by atoms with Crippen molar-refractivity contribution in [2.75, 3.05) is 40.9 Å². The van der Waals surface area contributed by atoms with Gasteiger partial charge in [0.1, 0.15) is 13.2 Å². The molecule has 0 aliphatic rings. The molecule has 9 heteroatoms. The number of phosphoric acid groups is 1. The standard InChI is InChI=1S/C58H107N2O6P/c1-6-8-10-12-14-16-18-20-22-24-26-28-29-30-31-32-34-36-38-40-42-44-46-48-50-52-58(62)59-56(55-66-67(63,64)65-54-53-60(3,4)5)57(61)51-49-47-45-43-41-39-37-35-33-27-25-23-21-19-17-15-13-11-9-7-2/h8,10,14,16,20,22,26,28,30-31,49,51,56-57,61H,6-7,9,11-13,15,17-19,21,23-25,27,29,32-48,50,52-55H2,1-5H3,(H-,59,62,63,64)/p+1/b10-8-,16-14-,22-20-,28-26-,31-30-,51-49+. The lowest BCUT2D eigenvalue weighted by Crippen LogP contribution is -2.45. The minimum Gasteiger partial charge on any atom is -0.387 e. The second-order valence-electron chi connectivity index (χ2n) is 19.9. The predicted octanol–water partition coefficient (Wildman–Crippen LogP) is 16.7. The fourth-order valence-corrected chi connectivity index (χ4v) is 8.57.